The highest BCUT2D eigenvalue weighted by Gasteiger charge is 2.31. The Balaban J connectivity index is 1.90. The van der Waals surface area contributed by atoms with Crippen LogP contribution in [0.15, 0.2) is 18.2 Å². The molecule has 1 nitrogen and oxygen atoms in total. The summed E-state index contributed by atoms with van der Waals surface area (Å²) < 4.78 is 13.2. The third-order valence-corrected chi connectivity index (χ3v) is 5.35. The van der Waals surface area contributed by atoms with Crippen LogP contribution in [0.5, 0.6) is 0 Å². The maximum atomic E-state index is 13.2. The molecule has 1 saturated carbocycles. The van der Waals surface area contributed by atoms with Crippen LogP contribution in [0, 0.1) is 23.1 Å². The number of nitrogens with two attached hydrogens (primary N) is 1. The van der Waals surface area contributed by atoms with E-state index in [0.717, 1.165) is 17.9 Å². The van der Waals surface area contributed by atoms with Crippen molar-refractivity contribution < 1.29 is 4.39 Å². The molecule has 1 aromatic rings. The lowest BCUT2D eigenvalue weighted by Crippen LogP contribution is -2.36. The lowest BCUT2D eigenvalue weighted by Gasteiger charge is -2.38. The number of rotatable bonds is 3. The van der Waals surface area contributed by atoms with E-state index in [4.69, 9.17) is 17.3 Å². The smallest absolute Gasteiger partial charge is 0.141 e. The van der Waals surface area contributed by atoms with Gasteiger partial charge in [-0.25, -0.2) is 4.39 Å². The van der Waals surface area contributed by atoms with Crippen LogP contribution >= 0.6 is 11.6 Å². The first-order valence-electron chi connectivity index (χ1n) is 7.97. The Morgan fingerprint density at radius 3 is 2.38 bits per heavy atom. The number of hydrogen-bond donors (Lipinski definition) is 1. The van der Waals surface area contributed by atoms with Gasteiger partial charge in [0.05, 0.1) is 5.02 Å². The Labute approximate surface area is 133 Å². The van der Waals surface area contributed by atoms with Crippen LogP contribution in [0.25, 0.3) is 0 Å². The topological polar surface area (TPSA) is 26.0 Å². The van der Waals surface area contributed by atoms with Gasteiger partial charge in [0.2, 0.25) is 0 Å². The van der Waals surface area contributed by atoms with Gasteiger partial charge in [0.25, 0.3) is 0 Å². The van der Waals surface area contributed by atoms with Gasteiger partial charge in [0.15, 0.2) is 0 Å². The molecule has 2 rings (SSSR count). The van der Waals surface area contributed by atoms with Crippen LogP contribution in [0.1, 0.15) is 52.0 Å². The molecule has 118 valence electrons. The maximum Gasteiger partial charge on any atom is 0.141 e. The van der Waals surface area contributed by atoms with Gasteiger partial charge in [-0.2, -0.15) is 0 Å². The SMILES string of the molecule is CC(C)(C)C1CCC(C(N)Cc2ccc(F)c(Cl)c2)CC1. The first kappa shape index (κ1) is 16.8. The number of halogens is 2. The van der Waals surface area contributed by atoms with E-state index in [1.54, 1.807) is 12.1 Å². The van der Waals surface area contributed by atoms with Gasteiger partial charge < -0.3 is 5.73 Å². The van der Waals surface area contributed by atoms with E-state index in [0.29, 0.717) is 11.3 Å². The molecule has 1 fully saturated rings. The van der Waals surface area contributed by atoms with E-state index in [-0.39, 0.29) is 16.9 Å². The van der Waals surface area contributed by atoms with Gasteiger partial charge in [0, 0.05) is 6.04 Å². The van der Waals surface area contributed by atoms with E-state index < -0.39 is 0 Å². The molecule has 1 unspecified atom stereocenters. The second-order valence-electron chi connectivity index (χ2n) is 7.59. The summed E-state index contributed by atoms with van der Waals surface area (Å²) in [5.41, 5.74) is 7.82. The summed E-state index contributed by atoms with van der Waals surface area (Å²) in [5, 5.41) is 0.191. The molecule has 0 bridgehead atoms. The standard InChI is InChI=1S/C18H27ClFN/c1-18(2,3)14-7-5-13(6-8-14)17(21)11-12-4-9-16(20)15(19)10-12/h4,9-10,13-14,17H,5-8,11,21H2,1-3H3. The van der Waals surface area contributed by atoms with Crippen LogP contribution < -0.4 is 5.73 Å². The Bertz CT molecular complexity index is 473. The summed E-state index contributed by atoms with van der Waals surface area (Å²) in [4.78, 5) is 0. The minimum absolute atomic E-state index is 0.146. The number of hydrogen-bond acceptors (Lipinski definition) is 1. The largest absolute Gasteiger partial charge is 0.327 e. The minimum Gasteiger partial charge on any atom is -0.327 e. The molecule has 0 amide bonds. The summed E-state index contributed by atoms with van der Waals surface area (Å²) >= 11 is 5.84. The average Bonchev–Trinajstić information content (AvgIpc) is 2.42. The summed E-state index contributed by atoms with van der Waals surface area (Å²) in [6.45, 7) is 7.00. The lowest BCUT2D eigenvalue weighted by molar-refractivity contribution is 0.139. The van der Waals surface area contributed by atoms with E-state index >= 15 is 0 Å². The molecule has 0 heterocycles. The van der Waals surface area contributed by atoms with Gasteiger partial charge in [0.1, 0.15) is 5.82 Å². The van der Waals surface area contributed by atoms with Crippen LogP contribution in [0.3, 0.4) is 0 Å². The fourth-order valence-electron chi connectivity index (χ4n) is 3.52. The van der Waals surface area contributed by atoms with Crippen LogP contribution in [-0.2, 0) is 6.42 Å². The van der Waals surface area contributed by atoms with Crippen LogP contribution in [0.2, 0.25) is 5.02 Å². The predicted octanol–water partition coefficient (Wildman–Crippen LogP) is 5.20. The molecule has 0 saturated heterocycles. The number of benzene rings is 1. The van der Waals surface area contributed by atoms with Gasteiger partial charge in [-0.3, -0.25) is 0 Å². The first-order chi connectivity index (χ1) is 9.77. The third-order valence-electron chi connectivity index (χ3n) is 5.06. The van der Waals surface area contributed by atoms with Gasteiger partial charge in [-0.1, -0.05) is 38.4 Å². The highest BCUT2D eigenvalue weighted by atomic mass is 35.5. The summed E-state index contributed by atoms with van der Waals surface area (Å²) in [5.74, 6) is 1.02. The quantitative estimate of drug-likeness (QED) is 0.815. The highest BCUT2D eigenvalue weighted by Crippen LogP contribution is 2.40. The second-order valence-corrected chi connectivity index (χ2v) is 8.00. The molecular formula is C18H27ClFN. The van der Waals surface area contributed by atoms with E-state index in [9.17, 15) is 4.39 Å². The lowest BCUT2D eigenvalue weighted by atomic mass is 9.68. The zero-order valence-electron chi connectivity index (χ0n) is 13.3. The fourth-order valence-corrected chi connectivity index (χ4v) is 3.72. The van der Waals surface area contributed by atoms with Crippen LogP contribution in [0.4, 0.5) is 4.39 Å². The van der Waals surface area contributed by atoms with Crippen molar-refractivity contribution in [1.82, 2.24) is 0 Å². The van der Waals surface area contributed by atoms with Crippen molar-refractivity contribution >= 4 is 11.6 Å². The van der Waals surface area contributed by atoms with E-state index in [1.807, 2.05) is 0 Å². The predicted molar refractivity (Wildman–Crippen MR) is 88.0 cm³/mol. The van der Waals surface area contributed by atoms with Crippen molar-refractivity contribution in [2.24, 2.45) is 23.0 Å². The van der Waals surface area contributed by atoms with Crippen molar-refractivity contribution in [3.05, 3.63) is 34.6 Å². The normalized spacial score (nSPS) is 24.9. The molecule has 0 aliphatic heterocycles. The van der Waals surface area contributed by atoms with Crippen LogP contribution in [-0.4, -0.2) is 6.04 Å². The second kappa shape index (κ2) is 6.66. The average molecular weight is 312 g/mol. The Morgan fingerprint density at radius 2 is 1.86 bits per heavy atom. The van der Waals surface area contributed by atoms with Crippen molar-refractivity contribution in [2.45, 2.75) is 58.9 Å². The van der Waals surface area contributed by atoms with E-state index in [2.05, 4.69) is 20.8 Å². The molecular weight excluding hydrogens is 285 g/mol. The summed E-state index contributed by atoms with van der Waals surface area (Å²) in [7, 11) is 0. The molecule has 21 heavy (non-hydrogen) atoms. The minimum atomic E-state index is -0.361. The maximum absolute atomic E-state index is 13.2. The molecule has 3 heteroatoms. The zero-order chi connectivity index (χ0) is 15.6. The summed E-state index contributed by atoms with van der Waals surface area (Å²) in [6, 6.07) is 5.08. The first-order valence-corrected chi connectivity index (χ1v) is 8.34. The molecule has 0 radical (unpaired) electrons. The highest BCUT2D eigenvalue weighted by molar-refractivity contribution is 6.30. The fraction of sp³-hybridized carbons (Fsp3) is 0.667. The molecule has 1 aliphatic rings. The molecule has 0 aromatic heterocycles. The summed E-state index contributed by atoms with van der Waals surface area (Å²) in [6.07, 6.45) is 5.74. The molecule has 1 atom stereocenters. The molecule has 1 aliphatic carbocycles. The molecule has 1 aromatic carbocycles. The third kappa shape index (κ3) is 4.43. The van der Waals surface area contributed by atoms with Crippen molar-refractivity contribution in [3.63, 3.8) is 0 Å². The zero-order valence-corrected chi connectivity index (χ0v) is 14.1. The van der Waals surface area contributed by atoms with Gasteiger partial charge >= 0.3 is 0 Å². The van der Waals surface area contributed by atoms with Crippen molar-refractivity contribution in [2.75, 3.05) is 0 Å². The van der Waals surface area contributed by atoms with Crippen molar-refractivity contribution in [1.29, 1.82) is 0 Å². The molecule has 2 N–H and O–H groups in total. The Kier molecular flexibility index (Phi) is 5.32. The van der Waals surface area contributed by atoms with E-state index in [1.165, 1.54) is 31.7 Å². The van der Waals surface area contributed by atoms with Crippen molar-refractivity contribution in [3.8, 4) is 0 Å². The monoisotopic (exact) mass is 311 g/mol. The van der Waals surface area contributed by atoms with Gasteiger partial charge in [-0.15, -0.1) is 0 Å². The Morgan fingerprint density at radius 1 is 1.24 bits per heavy atom. The van der Waals surface area contributed by atoms with Gasteiger partial charge in [-0.05, 0) is 67.1 Å². The Hall–Kier alpha value is -0.600. The molecule has 0 spiro atoms.